The van der Waals surface area contributed by atoms with Gasteiger partial charge in [-0.2, -0.15) is 0 Å². The fourth-order valence-electron chi connectivity index (χ4n) is 1.38. The molecular weight excluding hydrogens is 257 g/mol. The zero-order valence-electron chi connectivity index (χ0n) is 9.15. The van der Waals surface area contributed by atoms with Crippen molar-refractivity contribution in [2.75, 3.05) is 11.1 Å². The average Bonchev–Trinajstić information content (AvgIpc) is 2.34. The van der Waals surface area contributed by atoms with E-state index in [9.17, 15) is 9.18 Å². The average molecular weight is 266 g/mol. The van der Waals surface area contributed by atoms with Gasteiger partial charge in [-0.05, 0) is 24.3 Å². The number of halogens is 2. The molecule has 0 unspecified atom stereocenters. The van der Waals surface area contributed by atoms with Crippen molar-refractivity contribution in [3.8, 4) is 0 Å². The van der Waals surface area contributed by atoms with Crippen LogP contribution in [0, 0.1) is 5.82 Å². The van der Waals surface area contributed by atoms with Crippen molar-refractivity contribution in [1.29, 1.82) is 0 Å². The monoisotopic (exact) mass is 265 g/mol. The number of hydrogen-bond donors (Lipinski definition) is 2. The lowest BCUT2D eigenvalue weighted by atomic mass is 10.2. The van der Waals surface area contributed by atoms with E-state index in [2.05, 4.69) is 10.3 Å². The minimum atomic E-state index is -0.532. The number of hydrogen-bond acceptors (Lipinski definition) is 3. The van der Waals surface area contributed by atoms with E-state index < -0.39 is 11.7 Å². The number of aromatic nitrogens is 1. The molecular formula is C12H9ClFN3O. The van der Waals surface area contributed by atoms with Crippen LogP contribution in [0.2, 0.25) is 5.02 Å². The van der Waals surface area contributed by atoms with Crippen LogP contribution in [0.15, 0.2) is 36.7 Å². The van der Waals surface area contributed by atoms with E-state index in [1.807, 2.05) is 0 Å². The molecule has 6 heteroatoms. The summed E-state index contributed by atoms with van der Waals surface area (Å²) in [7, 11) is 0. The van der Waals surface area contributed by atoms with E-state index in [0.717, 1.165) is 0 Å². The summed E-state index contributed by atoms with van der Waals surface area (Å²) in [5.41, 5.74) is 6.05. The van der Waals surface area contributed by atoms with E-state index in [1.165, 1.54) is 36.7 Å². The first-order valence-electron chi connectivity index (χ1n) is 5.04. The molecule has 0 spiro atoms. The molecule has 0 saturated heterocycles. The summed E-state index contributed by atoms with van der Waals surface area (Å²) in [4.78, 5) is 15.7. The largest absolute Gasteiger partial charge is 0.396 e. The fraction of sp³-hybridized carbons (Fsp3) is 0. The Kier molecular flexibility index (Phi) is 3.43. The SMILES string of the molecule is Nc1cc(NC(=O)c2ccncc2Cl)ccc1F. The van der Waals surface area contributed by atoms with Crippen LogP contribution in [0.1, 0.15) is 10.4 Å². The highest BCUT2D eigenvalue weighted by Crippen LogP contribution is 2.19. The number of rotatable bonds is 2. The first kappa shape index (κ1) is 12.3. The van der Waals surface area contributed by atoms with Crippen molar-refractivity contribution in [2.24, 2.45) is 0 Å². The number of carbonyl (C=O) groups is 1. The van der Waals surface area contributed by atoms with Crippen molar-refractivity contribution < 1.29 is 9.18 Å². The van der Waals surface area contributed by atoms with Gasteiger partial charge in [-0.15, -0.1) is 0 Å². The van der Waals surface area contributed by atoms with E-state index in [4.69, 9.17) is 17.3 Å². The number of carbonyl (C=O) groups excluding carboxylic acids is 1. The van der Waals surface area contributed by atoms with Crippen molar-refractivity contribution >= 4 is 28.9 Å². The molecule has 3 N–H and O–H groups in total. The molecule has 18 heavy (non-hydrogen) atoms. The lowest BCUT2D eigenvalue weighted by molar-refractivity contribution is 0.102. The Bertz CT molecular complexity index is 604. The first-order valence-corrected chi connectivity index (χ1v) is 5.41. The minimum Gasteiger partial charge on any atom is -0.396 e. The summed E-state index contributed by atoms with van der Waals surface area (Å²) in [6.07, 6.45) is 2.83. The molecule has 1 aromatic heterocycles. The Labute approximate surface area is 108 Å². The maximum absolute atomic E-state index is 13.0. The molecule has 1 aromatic carbocycles. The highest BCUT2D eigenvalue weighted by molar-refractivity contribution is 6.34. The first-order chi connectivity index (χ1) is 8.58. The van der Waals surface area contributed by atoms with Crippen molar-refractivity contribution in [3.05, 3.63) is 53.1 Å². The standard InChI is InChI=1S/C12H9ClFN3O/c13-9-6-16-4-3-8(9)12(18)17-7-1-2-10(14)11(15)5-7/h1-6H,15H2,(H,17,18). The molecule has 2 aromatic rings. The summed E-state index contributed by atoms with van der Waals surface area (Å²) < 4.78 is 13.0. The second-order valence-electron chi connectivity index (χ2n) is 3.55. The van der Waals surface area contributed by atoms with Gasteiger partial charge in [0.1, 0.15) is 5.82 Å². The predicted octanol–water partition coefficient (Wildman–Crippen LogP) is 2.71. The third kappa shape index (κ3) is 2.57. The normalized spacial score (nSPS) is 10.1. The fourth-order valence-corrected chi connectivity index (χ4v) is 1.58. The zero-order chi connectivity index (χ0) is 13.1. The van der Waals surface area contributed by atoms with E-state index in [0.29, 0.717) is 5.69 Å². The Balaban J connectivity index is 2.22. The highest BCUT2D eigenvalue weighted by atomic mass is 35.5. The molecule has 1 amide bonds. The molecule has 4 nitrogen and oxygen atoms in total. The van der Waals surface area contributed by atoms with Gasteiger partial charge in [-0.3, -0.25) is 9.78 Å². The quantitative estimate of drug-likeness (QED) is 0.821. The van der Waals surface area contributed by atoms with Crippen LogP contribution in [-0.4, -0.2) is 10.9 Å². The number of anilines is 2. The molecule has 1 heterocycles. The van der Waals surface area contributed by atoms with Gasteiger partial charge in [0.25, 0.3) is 5.91 Å². The smallest absolute Gasteiger partial charge is 0.257 e. The number of benzene rings is 1. The van der Waals surface area contributed by atoms with Crippen LogP contribution in [0.4, 0.5) is 15.8 Å². The van der Waals surface area contributed by atoms with Gasteiger partial charge in [0.15, 0.2) is 0 Å². The maximum atomic E-state index is 13.0. The lowest BCUT2D eigenvalue weighted by Crippen LogP contribution is -2.12. The topological polar surface area (TPSA) is 68.0 Å². The van der Waals surface area contributed by atoms with Crippen LogP contribution in [-0.2, 0) is 0 Å². The summed E-state index contributed by atoms with van der Waals surface area (Å²) in [5, 5.41) is 2.81. The number of nitrogens with zero attached hydrogens (tertiary/aromatic N) is 1. The van der Waals surface area contributed by atoms with Crippen LogP contribution in [0.3, 0.4) is 0 Å². The minimum absolute atomic E-state index is 0.0337. The van der Waals surface area contributed by atoms with Gasteiger partial charge in [0.05, 0.1) is 16.3 Å². The number of nitrogens with two attached hydrogens (primary N) is 1. The molecule has 0 aliphatic rings. The zero-order valence-corrected chi connectivity index (χ0v) is 9.91. The summed E-state index contributed by atoms with van der Waals surface area (Å²) in [5.74, 6) is -0.941. The van der Waals surface area contributed by atoms with Gasteiger partial charge in [0, 0.05) is 18.1 Å². The van der Waals surface area contributed by atoms with Gasteiger partial charge < -0.3 is 11.1 Å². The molecule has 2 rings (SSSR count). The molecule has 0 aliphatic carbocycles. The molecule has 0 saturated carbocycles. The van der Waals surface area contributed by atoms with Crippen molar-refractivity contribution in [2.45, 2.75) is 0 Å². The third-order valence-corrected chi connectivity index (χ3v) is 2.57. The Morgan fingerprint density at radius 3 is 2.83 bits per heavy atom. The van der Waals surface area contributed by atoms with Gasteiger partial charge in [-0.25, -0.2) is 4.39 Å². The van der Waals surface area contributed by atoms with Crippen LogP contribution < -0.4 is 11.1 Å². The van der Waals surface area contributed by atoms with E-state index in [1.54, 1.807) is 0 Å². The number of amides is 1. The third-order valence-electron chi connectivity index (χ3n) is 2.27. The van der Waals surface area contributed by atoms with Crippen LogP contribution in [0.25, 0.3) is 0 Å². The molecule has 0 aliphatic heterocycles. The number of nitrogens with one attached hydrogen (secondary N) is 1. The summed E-state index contributed by atoms with van der Waals surface area (Å²) in [6.45, 7) is 0. The predicted molar refractivity (Wildman–Crippen MR) is 68.0 cm³/mol. The summed E-state index contributed by atoms with van der Waals surface area (Å²) >= 11 is 5.83. The van der Waals surface area contributed by atoms with Crippen LogP contribution >= 0.6 is 11.6 Å². The molecule has 0 atom stereocenters. The van der Waals surface area contributed by atoms with Crippen molar-refractivity contribution in [3.63, 3.8) is 0 Å². The lowest BCUT2D eigenvalue weighted by Gasteiger charge is -2.07. The van der Waals surface area contributed by atoms with Gasteiger partial charge in [-0.1, -0.05) is 11.6 Å². The van der Waals surface area contributed by atoms with Gasteiger partial charge >= 0.3 is 0 Å². The number of nitrogen functional groups attached to an aromatic ring is 1. The Hall–Kier alpha value is -2.14. The van der Waals surface area contributed by atoms with E-state index >= 15 is 0 Å². The number of pyridine rings is 1. The van der Waals surface area contributed by atoms with Gasteiger partial charge in [0.2, 0.25) is 0 Å². The maximum Gasteiger partial charge on any atom is 0.257 e. The second kappa shape index (κ2) is 5.01. The van der Waals surface area contributed by atoms with E-state index in [-0.39, 0.29) is 16.3 Å². The Morgan fingerprint density at radius 1 is 1.39 bits per heavy atom. The summed E-state index contributed by atoms with van der Waals surface area (Å²) in [6, 6.07) is 5.42. The Morgan fingerprint density at radius 2 is 2.17 bits per heavy atom. The highest BCUT2D eigenvalue weighted by Gasteiger charge is 2.10. The van der Waals surface area contributed by atoms with Crippen molar-refractivity contribution in [1.82, 2.24) is 4.98 Å². The second-order valence-corrected chi connectivity index (χ2v) is 3.95. The van der Waals surface area contributed by atoms with Crippen LogP contribution in [0.5, 0.6) is 0 Å². The molecule has 0 bridgehead atoms. The molecule has 92 valence electrons. The molecule has 0 radical (unpaired) electrons. The molecule has 0 fully saturated rings.